The van der Waals surface area contributed by atoms with E-state index in [-0.39, 0.29) is 52.4 Å². The highest BCUT2D eigenvalue weighted by Gasteiger charge is 2.26. The topological polar surface area (TPSA) is 200 Å². The van der Waals surface area contributed by atoms with Gasteiger partial charge in [0.1, 0.15) is 28.2 Å². The van der Waals surface area contributed by atoms with Gasteiger partial charge >= 0.3 is 30.1 Å². The molecule has 3 N–H and O–H groups in total. The summed E-state index contributed by atoms with van der Waals surface area (Å²) in [4.78, 5) is 81.0. The number of aromatic amines is 1. The molecule has 0 aliphatic carbocycles. The highest BCUT2D eigenvalue weighted by molar-refractivity contribution is 5.70. The van der Waals surface area contributed by atoms with Gasteiger partial charge in [-0.1, -0.05) is 6.07 Å². The first-order chi connectivity index (χ1) is 26.1. The maximum atomic E-state index is 13.5. The van der Waals surface area contributed by atoms with E-state index in [1.54, 1.807) is 102 Å². The second kappa shape index (κ2) is 20.3. The third kappa shape index (κ3) is 20.0. The van der Waals surface area contributed by atoms with E-state index in [0.29, 0.717) is 28.9 Å². The standard InChI is InChI=1S/C40H64N6O11/c1-27-24-44(32(48)43-31(27)47)17-14-20-53-30-22-28(25-45(35(51)56-39(8,9)10)18-15-41-33(49)54-37(2,3)4)21-29(23-30)26-46(36(52)57-40(11,12)13)19-16-42-34(50)55-38(5,6)7/h21-24H,14-20,25-26H2,1-13H3,(H,41,49)(H,42,50)(H,43,47,48). The molecule has 0 atom stereocenters. The molecule has 1 aromatic carbocycles. The molecule has 17 heteroatoms. The summed E-state index contributed by atoms with van der Waals surface area (Å²) in [6, 6.07) is 5.31. The van der Waals surface area contributed by atoms with Crippen LogP contribution in [0.15, 0.2) is 34.0 Å². The molecule has 0 saturated carbocycles. The molecule has 320 valence electrons. The maximum absolute atomic E-state index is 13.5. The minimum atomic E-state index is -0.808. The average Bonchev–Trinajstić information content (AvgIpc) is 3.01. The van der Waals surface area contributed by atoms with E-state index in [0.717, 1.165) is 0 Å². The first-order valence-corrected chi connectivity index (χ1v) is 19.0. The lowest BCUT2D eigenvalue weighted by atomic mass is 10.1. The lowest BCUT2D eigenvalue weighted by molar-refractivity contribution is 0.0222. The van der Waals surface area contributed by atoms with Gasteiger partial charge in [0.15, 0.2) is 0 Å². The van der Waals surface area contributed by atoms with Crippen molar-refractivity contribution in [1.82, 2.24) is 30.0 Å². The Kier molecular flexibility index (Phi) is 17.0. The number of H-pyrrole nitrogens is 1. The average molecular weight is 805 g/mol. The van der Waals surface area contributed by atoms with Gasteiger partial charge in [-0.25, -0.2) is 24.0 Å². The number of rotatable bonds is 15. The first-order valence-electron chi connectivity index (χ1n) is 19.0. The summed E-state index contributed by atoms with van der Waals surface area (Å²) >= 11 is 0. The summed E-state index contributed by atoms with van der Waals surface area (Å²) in [5.74, 6) is 0.416. The monoisotopic (exact) mass is 804 g/mol. The van der Waals surface area contributed by atoms with Crippen LogP contribution >= 0.6 is 0 Å². The van der Waals surface area contributed by atoms with Crippen molar-refractivity contribution in [3.8, 4) is 5.75 Å². The SMILES string of the molecule is Cc1cn(CCCOc2cc(CN(CCNC(=O)OC(C)(C)C)C(=O)OC(C)(C)C)cc(CN(CCNC(=O)OC(C)(C)C)C(=O)OC(C)(C)C)c2)c(=O)[nH]c1=O. The third-order valence-electron chi connectivity index (χ3n) is 7.18. The Morgan fingerprint density at radius 2 is 1.09 bits per heavy atom. The molecule has 0 saturated heterocycles. The van der Waals surface area contributed by atoms with Crippen LogP contribution in [0.2, 0.25) is 0 Å². The highest BCUT2D eigenvalue weighted by atomic mass is 16.6. The van der Waals surface area contributed by atoms with Crippen molar-refractivity contribution in [2.75, 3.05) is 32.8 Å². The van der Waals surface area contributed by atoms with Crippen LogP contribution in [-0.2, 0) is 38.6 Å². The van der Waals surface area contributed by atoms with E-state index >= 15 is 0 Å². The summed E-state index contributed by atoms with van der Waals surface area (Å²) in [7, 11) is 0. The van der Waals surface area contributed by atoms with Crippen molar-refractivity contribution in [3.05, 3.63) is 61.9 Å². The van der Waals surface area contributed by atoms with Crippen molar-refractivity contribution in [2.45, 2.75) is 138 Å². The number of alkyl carbamates (subject to hydrolysis) is 2. The molecule has 2 aromatic rings. The van der Waals surface area contributed by atoms with Gasteiger partial charge < -0.3 is 48.7 Å². The molecule has 1 aromatic heterocycles. The lowest BCUT2D eigenvalue weighted by Gasteiger charge is -2.29. The number of hydrogen-bond donors (Lipinski definition) is 3. The molecule has 0 fully saturated rings. The Morgan fingerprint density at radius 1 is 0.667 bits per heavy atom. The minimum absolute atomic E-state index is 0.0355. The second-order valence-electron chi connectivity index (χ2n) is 17.6. The molecule has 0 spiro atoms. The summed E-state index contributed by atoms with van der Waals surface area (Å²) < 4.78 is 29.7. The Morgan fingerprint density at radius 3 is 1.49 bits per heavy atom. The Balaban J connectivity index is 2.46. The Labute approximate surface area is 335 Å². The smallest absolute Gasteiger partial charge is 0.410 e. The van der Waals surface area contributed by atoms with Crippen LogP contribution in [0.1, 0.15) is 106 Å². The van der Waals surface area contributed by atoms with Gasteiger partial charge in [0.05, 0.1) is 6.61 Å². The van der Waals surface area contributed by atoms with Crippen LogP contribution in [0.3, 0.4) is 0 Å². The Bertz CT molecular complexity index is 1710. The molecule has 0 bridgehead atoms. The van der Waals surface area contributed by atoms with Crippen LogP contribution in [0.4, 0.5) is 19.2 Å². The van der Waals surface area contributed by atoms with Gasteiger partial charge in [-0.3, -0.25) is 9.78 Å². The number of carbonyl (C=O) groups excluding carboxylic acids is 4. The number of benzene rings is 1. The first kappa shape index (κ1) is 47.9. The normalized spacial score (nSPS) is 11.9. The van der Waals surface area contributed by atoms with Crippen molar-refractivity contribution < 1.29 is 42.9 Å². The predicted molar refractivity (Wildman–Crippen MR) is 214 cm³/mol. The molecule has 0 radical (unpaired) electrons. The quantitative estimate of drug-likeness (QED) is 0.144. The largest absolute Gasteiger partial charge is 0.494 e. The minimum Gasteiger partial charge on any atom is -0.494 e. The van der Waals surface area contributed by atoms with Crippen LogP contribution in [0.5, 0.6) is 5.75 Å². The van der Waals surface area contributed by atoms with Crippen LogP contribution in [0.25, 0.3) is 0 Å². The predicted octanol–water partition coefficient (Wildman–Crippen LogP) is 5.84. The third-order valence-corrected chi connectivity index (χ3v) is 7.18. The van der Waals surface area contributed by atoms with Gasteiger partial charge in [0.25, 0.3) is 5.56 Å². The molecule has 0 aliphatic heterocycles. The molecule has 57 heavy (non-hydrogen) atoms. The Hall–Kier alpha value is -5.22. The van der Waals surface area contributed by atoms with Crippen LogP contribution < -0.4 is 26.6 Å². The van der Waals surface area contributed by atoms with Crippen molar-refractivity contribution in [1.29, 1.82) is 0 Å². The molecule has 0 aliphatic rings. The number of carbonyl (C=O) groups is 4. The molecule has 0 unspecified atom stereocenters. The van der Waals surface area contributed by atoms with Gasteiger partial charge in [-0.15, -0.1) is 0 Å². The van der Waals surface area contributed by atoms with Gasteiger partial charge in [-0.2, -0.15) is 0 Å². The fourth-order valence-electron chi connectivity index (χ4n) is 4.98. The van der Waals surface area contributed by atoms with E-state index in [4.69, 9.17) is 23.7 Å². The van der Waals surface area contributed by atoms with E-state index in [1.807, 2.05) is 6.07 Å². The molecule has 2 rings (SSSR count). The number of ether oxygens (including phenoxy) is 5. The fraction of sp³-hybridized carbons (Fsp3) is 0.650. The number of hydrogen-bond acceptors (Lipinski definition) is 11. The number of aromatic nitrogens is 2. The van der Waals surface area contributed by atoms with E-state index in [9.17, 15) is 28.8 Å². The number of amides is 4. The van der Waals surface area contributed by atoms with Crippen LogP contribution in [0, 0.1) is 6.92 Å². The molecule has 1 heterocycles. The van der Waals surface area contributed by atoms with Gasteiger partial charge in [0.2, 0.25) is 0 Å². The molecule has 4 amide bonds. The van der Waals surface area contributed by atoms with Crippen LogP contribution in [-0.4, -0.2) is 98.9 Å². The van der Waals surface area contributed by atoms with Gasteiger partial charge in [0, 0.05) is 57.6 Å². The molecular weight excluding hydrogens is 740 g/mol. The fourth-order valence-corrected chi connectivity index (χ4v) is 4.98. The summed E-state index contributed by atoms with van der Waals surface area (Å²) in [6.07, 6.45) is -0.602. The summed E-state index contributed by atoms with van der Waals surface area (Å²) in [5, 5.41) is 5.35. The van der Waals surface area contributed by atoms with Crippen molar-refractivity contribution >= 4 is 24.4 Å². The van der Waals surface area contributed by atoms with Gasteiger partial charge in [-0.05, 0) is 120 Å². The second-order valence-corrected chi connectivity index (χ2v) is 17.6. The lowest BCUT2D eigenvalue weighted by Crippen LogP contribution is -2.42. The number of nitrogens with one attached hydrogen (secondary N) is 3. The zero-order chi connectivity index (χ0) is 43.4. The maximum Gasteiger partial charge on any atom is 0.410 e. The number of nitrogens with zero attached hydrogens (tertiary/aromatic N) is 3. The van der Waals surface area contributed by atoms with Crippen molar-refractivity contribution in [3.63, 3.8) is 0 Å². The van der Waals surface area contributed by atoms with E-state index in [1.165, 1.54) is 20.6 Å². The summed E-state index contributed by atoms with van der Waals surface area (Å²) in [6.45, 7) is 23.4. The zero-order valence-corrected chi connectivity index (χ0v) is 36.0. The van der Waals surface area contributed by atoms with E-state index in [2.05, 4.69) is 15.6 Å². The van der Waals surface area contributed by atoms with E-state index < -0.39 is 58.0 Å². The zero-order valence-electron chi connectivity index (χ0n) is 36.0. The highest BCUT2D eigenvalue weighted by Crippen LogP contribution is 2.23. The summed E-state index contributed by atoms with van der Waals surface area (Å²) in [5.41, 5.74) is -2.36. The molecule has 17 nitrogen and oxygen atoms in total. The molecular formula is C40H64N6O11. The van der Waals surface area contributed by atoms with Crippen molar-refractivity contribution in [2.24, 2.45) is 0 Å². The number of aryl methyl sites for hydroxylation is 2.